The van der Waals surface area contributed by atoms with Gasteiger partial charge < -0.3 is 10.4 Å². The molecule has 0 saturated heterocycles. The third-order valence-electron chi connectivity index (χ3n) is 4.64. The summed E-state index contributed by atoms with van der Waals surface area (Å²) < 4.78 is 41.5. The van der Waals surface area contributed by atoms with E-state index in [-0.39, 0.29) is 31.5 Å². The number of hydrogen-bond acceptors (Lipinski definition) is 2. The molecule has 8 heteroatoms. The number of halogens is 5. The number of hydrogen-bond donors (Lipinski definition) is 2. The van der Waals surface area contributed by atoms with E-state index in [1.165, 1.54) is 12.1 Å². The SMILES string of the molecule is Cc1cc([C@H](Cc2ccc(Cl)c(CNCCC(=O)O)c2)C(F)(F)F)cc(C)c1Cl. The highest BCUT2D eigenvalue weighted by Crippen LogP contribution is 2.39. The first-order valence-corrected chi connectivity index (χ1v) is 9.77. The normalized spacial score (nSPS) is 12.8. The molecule has 0 fully saturated rings. The van der Waals surface area contributed by atoms with Crippen LogP contribution in [0.4, 0.5) is 13.2 Å². The number of carbonyl (C=O) groups is 1. The van der Waals surface area contributed by atoms with Crippen molar-refractivity contribution in [2.75, 3.05) is 6.54 Å². The van der Waals surface area contributed by atoms with E-state index in [4.69, 9.17) is 28.3 Å². The fraction of sp³-hybridized carbons (Fsp3) is 0.381. The van der Waals surface area contributed by atoms with Crippen LogP contribution in [-0.4, -0.2) is 23.8 Å². The summed E-state index contributed by atoms with van der Waals surface area (Å²) in [4.78, 5) is 10.6. The van der Waals surface area contributed by atoms with Gasteiger partial charge in [0.2, 0.25) is 0 Å². The Morgan fingerprint density at radius 2 is 1.76 bits per heavy atom. The molecule has 0 spiro atoms. The zero-order valence-electron chi connectivity index (χ0n) is 16.0. The van der Waals surface area contributed by atoms with E-state index in [1.807, 2.05) is 0 Å². The minimum absolute atomic E-state index is 0.0529. The summed E-state index contributed by atoms with van der Waals surface area (Å²) in [5.41, 5.74) is 2.51. The zero-order chi connectivity index (χ0) is 21.8. The van der Waals surface area contributed by atoms with Gasteiger partial charge >= 0.3 is 12.1 Å². The van der Waals surface area contributed by atoms with Crippen molar-refractivity contribution in [1.29, 1.82) is 0 Å². The average Bonchev–Trinajstić information content (AvgIpc) is 2.61. The van der Waals surface area contributed by atoms with Gasteiger partial charge in [-0.25, -0.2) is 0 Å². The Kier molecular flexibility index (Phi) is 7.97. The zero-order valence-corrected chi connectivity index (χ0v) is 17.5. The van der Waals surface area contributed by atoms with Gasteiger partial charge in [-0.3, -0.25) is 4.79 Å². The van der Waals surface area contributed by atoms with Crippen LogP contribution < -0.4 is 5.32 Å². The van der Waals surface area contributed by atoms with Gasteiger partial charge in [-0.2, -0.15) is 13.2 Å². The lowest BCUT2D eigenvalue weighted by atomic mass is 9.89. The van der Waals surface area contributed by atoms with Gasteiger partial charge in [-0.1, -0.05) is 47.5 Å². The largest absolute Gasteiger partial charge is 0.481 e. The van der Waals surface area contributed by atoms with Crippen LogP contribution in [0, 0.1) is 13.8 Å². The highest BCUT2D eigenvalue weighted by atomic mass is 35.5. The number of rotatable bonds is 8. The van der Waals surface area contributed by atoms with Crippen molar-refractivity contribution in [3.05, 3.63) is 68.2 Å². The molecule has 0 radical (unpaired) electrons. The van der Waals surface area contributed by atoms with Crippen LogP contribution in [0.2, 0.25) is 10.0 Å². The lowest BCUT2D eigenvalue weighted by molar-refractivity contribution is -0.150. The summed E-state index contributed by atoms with van der Waals surface area (Å²) in [6.07, 6.45) is -4.71. The van der Waals surface area contributed by atoms with Gasteiger partial charge in [0.15, 0.2) is 0 Å². The Labute approximate surface area is 177 Å². The minimum atomic E-state index is -4.42. The Morgan fingerprint density at radius 3 is 2.31 bits per heavy atom. The fourth-order valence-electron chi connectivity index (χ4n) is 3.15. The number of aryl methyl sites for hydroxylation is 2. The monoisotopic (exact) mass is 447 g/mol. The van der Waals surface area contributed by atoms with E-state index in [0.717, 1.165) is 0 Å². The molecular weight excluding hydrogens is 426 g/mol. The van der Waals surface area contributed by atoms with E-state index in [9.17, 15) is 18.0 Å². The molecule has 158 valence electrons. The van der Waals surface area contributed by atoms with Gasteiger partial charge in [-0.15, -0.1) is 0 Å². The van der Waals surface area contributed by atoms with Crippen LogP contribution >= 0.6 is 23.2 Å². The number of benzene rings is 2. The fourth-order valence-corrected chi connectivity index (χ4v) is 3.44. The molecule has 1 atom stereocenters. The summed E-state index contributed by atoms with van der Waals surface area (Å²) in [6, 6.07) is 7.74. The van der Waals surface area contributed by atoms with Crippen LogP contribution in [0.1, 0.15) is 40.2 Å². The van der Waals surface area contributed by atoms with Crippen molar-refractivity contribution in [3.8, 4) is 0 Å². The van der Waals surface area contributed by atoms with Crippen LogP contribution in [0.5, 0.6) is 0 Å². The van der Waals surface area contributed by atoms with Crippen LogP contribution in [-0.2, 0) is 17.8 Å². The van der Waals surface area contributed by atoms with Crippen LogP contribution in [0.25, 0.3) is 0 Å². The third kappa shape index (κ3) is 6.63. The van der Waals surface area contributed by atoms with Crippen molar-refractivity contribution in [2.45, 2.75) is 45.3 Å². The molecule has 0 amide bonds. The third-order valence-corrected chi connectivity index (χ3v) is 5.60. The molecular formula is C21H22Cl2F3NO2. The molecule has 3 nitrogen and oxygen atoms in total. The maximum atomic E-state index is 13.8. The predicted molar refractivity (Wildman–Crippen MR) is 109 cm³/mol. The molecule has 2 N–H and O–H groups in total. The molecule has 0 aliphatic rings. The molecule has 0 unspecified atom stereocenters. The van der Waals surface area contributed by atoms with Crippen LogP contribution in [0.15, 0.2) is 30.3 Å². The molecule has 2 rings (SSSR count). The Morgan fingerprint density at radius 1 is 1.14 bits per heavy atom. The Hall–Kier alpha value is -1.76. The van der Waals surface area contributed by atoms with Crippen molar-refractivity contribution < 1.29 is 23.1 Å². The first-order valence-electron chi connectivity index (χ1n) is 9.02. The number of carboxylic acids is 1. The van der Waals surface area contributed by atoms with Gasteiger partial charge in [0.05, 0.1) is 12.3 Å². The maximum Gasteiger partial charge on any atom is 0.396 e. The number of alkyl halides is 3. The first-order chi connectivity index (χ1) is 13.5. The van der Waals surface area contributed by atoms with Crippen molar-refractivity contribution in [3.63, 3.8) is 0 Å². The van der Waals surface area contributed by atoms with Gasteiger partial charge in [0, 0.05) is 23.1 Å². The predicted octanol–water partition coefficient (Wildman–Crippen LogP) is 6.06. The number of nitrogens with one attached hydrogen (secondary N) is 1. The summed E-state index contributed by atoms with van der Waals surface area (Å²) in [5.74, 6) is -2.61. The van der Waals surface area contributed by atoms with Gasteiger partial charge in [0.1, 0.15) is 0 Å². The van der Waals surface area contributed by atoms with Crippen molar-refractivity contribution in [1.82, 2.24) is 5.32 Å². The van der Waals surface area contributed by atoms with Gasteiger partial charge in [0.25, 0.3) is 0 Å². The van der Waals surface area contributed by atoms with Crippen molar-refractivity contribution >= 4 is 29.2 Å². The first kappa shape index (κ1) is 23.5. The van der Waals surface area contributed by atoms with Crippen molar-refractivity contribution in [2.24, 2.45) is 0 Å². The molecule has 2 aromatic rings. The van der Waals surface area contributed by atoms with Crippen LogP contribution in [0.3, 0.4) is 0 Å². The minimum Gasteiger partial charge on any atom is -0.481 e. The molecule has 29 heavy (non-hydrogen) atoms. The molecule has 2 aromatic carbocycles. The second-order valence-electron chi connectivity index (χ2n) is 7.01. The highest BCUT2D eigenvalue weighted by Gasteiger charge is 2.41. The van der Waals surface area contributed by atoms with E-state index in [2.05, 4.69) is 5.32 Å². The maximum absolute atomic E-state index is 13.8. The smallest absolute Gasteiger partial charge is 0.396 e. The molecule has 0 aliphatic heterocycles. The summed E-state index contributed by atoms with van der Waals surface area (Å²) in [5, 5.41) is 12.5. The summed E-state index contributed by atoms with van der Waals surface area (Å²) in [7, 11) is 0. The van der Waals surface area contributed by atoms with E-state index in [0.29, 0.717) is 32.3 Å². The summed E-state index contributed by atoms with van der Waals surface area (Å²) in [6.45, 7) is 3.89. The number of carboxylic acid groups (broad SMARTS) is 1. The lowest BCUT2D eigenvalue weighted by Gasteiger charge is -2.23. The van der Waals surface area contributed by atoms with E-state index >= 15 is 0 Å². The molecule has 0 bridgehead atoms. The molecule has 0 saturated carbocycles. The topological polar surface area (TPSA) is 49.3 Å². The molecule has 0 aliphatic carbocycles. The number of aliphatic carboxylic acids is 1. The second kappa shape index (κ2) is 9.83. The van der Waals surface area contributed by atoms with E-state index in [1.54, 1.807) is 32.0 Å². The lowest BCUT2D eigenvalue weighted by Crippen LogP contribution is -2.23. The second-order valence-corrected chi connectivity index (χ2v) is 7.80. The summed E-state index contributed by atoms with van der Waals surface area (Å²) >= 11 is 12.3. The Balaban J connectivity index is 2.26. The molecule has 0 aromatic heterocycles. The standard InChI is InChI=1S/C21H22Cl2F3NO2/c1-12-7-15(8-13(2)20(12)23)17(21(24,25)26)10-14-3-4-18(22)16(9-14)11-27-6-5-19(28)29/h3-4,7-9,17,27H,5-6,10-11H2,1-2H3,(H,28,29)/t17-/m0/s1. The molecule has 0 heterocycles. The van der Waals surface area contributed by atoms with Gasteiger partial charge in [-0.05, 0) is 54.2 Å². The van der Waals surface area contributed by atoms with E-state index < -0.39 is 18.1 Å². The Bertz CT molecular complexity index is 862. The average molecular weight is 448 g/mol. The highest BCUT2D eigenvalue weighted by molar-refractivity contribution is 6.32. The quantitative estimate of drug-likeness (QED) is 0.483.